The Morgan fingerprint density at radius 2 is 1.97 bits per heavy atom. The highest BCUT2D eigenvalue weighted by Gasteiger charge is 2.61. The molecule has 0 bridgehead atoms. The van der Waals surface area contributed by atoms with E-state index in [0.29, 0.717) is 29.0 Å². The molecule has 4 nitrogen and oxygen atoms in total. The van der Waals surface area contributed by atoms with E-state index >= 15 is 0 Å². The smallest absolute Gasteiger partial charge is 0.165 e. The first-order valence-corrected chi connectivity index (χ1v) is 11.7. The second-order valence-electron chi connectivity index (χ2n) is 11.1. The molecule has 1 aromatic heterocycles. The Kier molecular flexibility index (Phi) is 4.40. The third kappa shape index (κ3) is 2.81. The minimum atomic E-state index is -0.180. The number of nitrogens with zero attached hydrogens (tertiary/aromatic N) is 2. The predicted molar refractivity (Wildman–Crippen MR) is 114 cm³/mol. The van der Waals surface area contributed by atoms with Crippen LogP contribution in [0.4, 0.5) is 0 Å². The molecule has 29 heavy (non-hydrogen) atoms. The summed E-state index contributed by atoms with van der Waals surface area (Å²) in [5, 5.41) is 14.7. The molecule has 0 radical (unpaired) electrons. The molecule has 0 spiro atoms. The molecular weight excluding hydrogens is 360 g/mol. The van der Waals surface area contributed by atoms with Crippen molar-refractivity contribution in [2.45, 2.75) is 78.2 Å². The van der Waals surface area contributed by atoms with Gasteiger partial charge in [-0.1, -0.05) is 13.8 Å². The van der Waals surface area contributed by atoms with E-state index in [4.69, 9.17) is 0 Å². The number of carbonyl (C=O) groups is 1. The minimum absolute atomic E-state index is 0.0937. The first-order valence-electron chi connectivity index (χ1n) is 11.7. The number of aliphatic hydroxyl groups excluding tert-OH is 1. The van der Waals surface area contributed by atoms with Crippen LogP contribution in [0, 0.1) is 41.4 Å². The monoisotopic (exact) mass is 396 g/mol. The second kappa shape index (κ2) is 6.54. The van der Waals surface area contributed by atoms with Gasteiger partial charge in [-0.3, -0.25) is 9.48 Å². The van der Waals surface area contributed by atoms with E-state index in [1.54, 1.807) is 0 Å². The van der Waals surface area contributed by atoms with Gasteiger partial charge in [0.05, 0.1) is 11.8 Å². The standard InChI is InChI=1S/C25H36N2O2/c1-15-17(14-27(4)26-15)11-16-12-22-20-6-5-18-13-19(28)7-9-24(18,2)21(20)8-10-25(22,3)23(16)29/h11,14,18-22,28H,5-10,12-13H2,1-4H3/b16-11-/t18-,19-,20-,21-,22+,24+,25+/m1/s1. The molecule has 4 aliphatic carbocycles. The van der Waals surface area contributed by atoms with E-state index in [9.17, 15) is 9.90 Å². The van der Waals surface area contributed by atoms with Crippen molar-refractivity contribution in [2.24, 2.45) is 41.5 Å². The van der Waals surface area contributed by atoms with Crippen LogP contribution in [0.25, 0.3) is 6.08 Å². The van der Waals surface area contributed by atoms with Gasteiger partial charge >= 0.3 is 0 Å². The van der Waals surface area contributed by atoms with Crippen LogP contribution in [0.2, 0.25) is 0 Å². The van der Waals surface area contributed by atoms with Crippen molar-refractivity contribution in [1.29, 1.82) is 0 Å². The Hall–Kier alpha value is -1.42. The zero-order valence-electron chi connectivity index (χ0n) is 18.4. The molecule has 0 unspecified atom stereocenters. The second-order valence-corrected chi connectivity index (χ2v) is 11.1. The van der Waals surface area contributed by atoms with Crippen molar-refractivity contribution >= 4 is 11.9 Å². The summed E-state index contributed by atoms with van der Waals surface area (Å²) in [4.78, 5) is 13.5. The van der Waals surface area contributed by atoms with E-state index in [2.05, 4.69) is 25.0 Å². The van der Waals surface area contributed by atoms with Crippen LogP contribution in [-0.4, -0.2) is 26.8 Å². The summed E-state index contributed by atoms with van der Waals surface area (Å²) >= 11 is 0. The fourth-order valence-electron chi connectivity index (χ4n) is 7.98. The quantitative estimate of drug-likeness (QED) is 0.701. The van der Waals surface area contributed by atoms with Gasteiger partial charge in [-0.2, -0.15) is 5.10 Å². The minimum Gasteiger partial charge on any atom is -0.393 e. The van der Waals surface area contributed by atoms with Gasteiger partial charge in [0.25, 0.3) is 0 Å². The van der Waals surface area contributed by atoms with Crippen LogP contribution < -0.4 is 0 Å². The normalized spacial score (nSPS) is 45.8. The van der Waals surface area contributed by atoms with Crippen LogP contribution in [0.15, 0.2) is 11.8 Å². The number of ketones is 1. The molecule has 1 heterocycles. The summed E-state index contributed by atoms with van der Waals surface area (Å²) < 4.78 is 1.84. The van der Waals surface area contributed by atoms with Crippen LogP contribution in [0.3, 0.4) is 0 Å². The van der Waals surface area contributed by atoms with Crippen LogP contribution in [0.5, 0.6) is 0 Å². The molecule has 5 rings (SSSR count). The molecule has 158 valence electrons. The lowest BCUT2D eigenvalue weighted by Crippen LogP contribution is -2.54. The zero-order valence-corrected chi connectivity index (χ0v) is 18.4. The number of allylic oxidation sites excluding steroid dienone is 1. The lowest BCUT2D eigenvalue weighted by Gasteiger charge is -2.59. The topological polar surface area (TPSA) is 55.1 Å². The average Bonchev–Trinajstić information content (AvgIpc) is 3.12. The van der Waals surface area contributed by atoms with Gasteiger partial charge in [-0.15, -0.1) is 0 Å². The third-order valence-electron chi connectivity index (χ3n) is 9.66. The SMILES string of the molecule is Cc1nn(C)cc1/C=C1/C[C@H]2[C@@H]3CC[C@@H]4C[C@H](O)CC[C@]4(C)[C@@H]3CC[C@]2(C)C1=O. The summed E-state index contributed by atoms with van der Waals surface area (Å²) in [6.07, 6.45) is 12.8. The van der Waals surface area contributed by atoms with E-state index in [1.165, 1.54) is 19.3 Å². The van der Waals surface area contributed by atoms with Crippen molar-refractivity contribution in [1.82, 2.24) is 9.78 Å². The summed E-state index contributed by atoms with van der Waals surface area (Å²) in [6, 6.07) is 0. The van der Waals surface area contributed by atoms with Gasteiger partial charge in [-0.25, -0.2) is 0 Å². The molecule has 0 amide bonds. The number of Topliss-reactive ketones (excluding diaryl/α,β-unsaturated/α-hetero) is 1. The number of rotatable bonds is 1. The Labute approximate surface area is 174 Å². The van der Waals surface area contributed by atoms with Gasteiger partial charge in [0.15, 0.2) is 5.78 Å². The lowest BCUT2D eigenvalue weighted by atomic mass is 9.45. The van der Waals surface area contributed by atoms with E-state index < -0.39 is 0 Å². The number of fused-ring (bicyclic) bond motifs is 5. The van der Waals surface area contributed by atoms with Gasteiger partial charge in [0, 0.05) is 24.2 Å². The number of aryl methyl sites for hydroxylation is 2. The summed E-state index contributed by atoms with van der Waals surface area (Å²) in [5.41, 5.74) is 3.30. The lowest BCUT2D eigenvalue weighted by molar-refractivity contribution is -0.141. The van der Waals surface area contributed by atoms with Crippen molar-refractivity contribution in [3.8, 4) is 0 Å². The Morgan fingerprint density at radius 3 is 2.69 bits per heavy atom. The van der Waals surface area contributed by atoms with Crippen molar-refractivity contribution in [3.63, 3.8) is 0 Å². The van der Waals surface area contributed by atoms with Gasteiger partial charge in [0.1, 0.15) is 0 Å². The Bertz CT molecular complexity index is 870. The van der Waals surface area contributed by atoms with Crippen molar-refractivity contribution in [3.05, 3.63) is 23.0 Å². The first kappa shape index (κ1) is 19.5. The number of aliphatic hydroxyl groups is 1. The molecule has 1 N–H and O–H groups in total. The largest absolute Gasteiger partial charge is 0.393 e. The summed E-state index contributed by atoms with van der Waals surface area (Å²) in [7, 11) is 1.94. The first-order chi connectivity index (χ1) is 13.7. The molecule has 4 fully saturated rings. The predicted octanol–water partition coefficient (Wildman–Crippen LogP) is 4.69. The molecular formula is C25H36N2O2. The van der Waals surface area contributed by atoms with Crippen LogP contribution >= 0.6 is 0 Å². The molecule has 4 heteroatoms. The van der Waals surface area contributed by atoms with E-state index in [0.717, 1.165) is 54.9 Å². The highest BCUT2D eigenvalue weighted by molar-refractivity contribution is 6.06. The van der Waals surface area contributed by atoms with Gasteiger partial charge in [-0.05, 0) is 99.0 Å². The molecule has 4 aliphatic rings. The fourth-order valence-corrected chi connectivity index (χ4v) is 7.98. The van der Waals surface area contributed by atoms with Gasteiger partial charge in [0.2, 0.25) is 0 Å². The maximum atomic E-state index is 13.5. The Morgan fingerprint density at radius 1 is 1.17 bits per heavy atom. The summed E-state index contributed by atoms with van der Waals surface area (Å²) in [6.45, 7) is 6.79. The van der Waals surface area contributed by atoms with Crippen LogP contribution in [0.1, 0.15) is 76.5 Å². The highest BCUT2D eigenvalue weighted by Crippen LogP contribution is 2.66. The average molecular weight is 397 g/mol. The number of carbonyl (C=O) groups excluding carboxylic acids is 1. The van der Waals surface area contributed by atoms with Crippen molar-refractivity contribution < 1.29 is 9.90 Å². The zero-order chi connectivity index (χ0) is 20.6. The van der Waals surface area contributed by atoms with E-state index in [-0.39, 0.29) is 11.5 Å². The third-order valence-corrected chi connectivity index (χ3v) is 9.66. The molecule has 4 saturated carbocycles. The number of hydrogen-bond donors (Lipinski definition) is 1. The van der Waals surface area contributed by atoms with Gasteiger partial charge < -0.3 is 5.11 Å². The molecule has 0 saturated heterocycles. The number of hydrogen-bond acceptors (Lipinski definition) is 3. The number of aromatic nitrogens is 2. The Balaban J connectivity index is 1.46. The van der Waals surface area contributed by atoms with E-state index in [1.807, 2.05) is 24.9 Å². The molecule has 7 atom stereocenters. The van der Waals surface area contributed by atoms with Crippen LogP contribution in [-0.2, 0) is 11.8 Å². The maximum Gasteiger partial charge on any atom is 0.165 e. The highest BCUT2D eigenvalue weighted by atomic mass is 16.3. The molecule has 1 aromatic rings. The summed E-state index contributed by atoms with van der Waals surface area (Å²) in [5.74, 6) is 2.94. The maximum absolute atomic E-state index is 13.5. The van der Waals surface area contributed by atoms with Crippen molar-refractivity contribution in [2.75, 3.05) is 0 Å². The molecule has 0 aromatic carbocycles. The molecule has 0 aliphatic heterocycles. The fraction of sp³-hybridized carbons (Fsp3) is 0.760.